The van der Waals surface area contributed by atoms with Crippen LogP contribution in [0.15, 0.2) is 0 Å². The van der Waals surface area contributed by atoms with Gasteiger partial charge in [0.25, 0.3) is 5.09 Å². The van der Waals surface area contributed by atoms with Crippen molar-refractivity contribution in [1.82, 2.24) is 0 Å². The molecule has 0 amide bonds. The molecule has 0 aliphatic heterocycles. The molecule has 0 atom stereocenters. The Morgan fingerprint density at radius 2 is 1.38 bits per heavy atom. The Hall–Kier alpha value is -0.0623. The Kier molecular flexibility index (Phi) is 9.40. The van der Waals surface area contributed by atoms with Gasteiger partial charge in [0.15, 0.2) is 0 Å². The third kappa shape index (κ3) is 37300. The minimum absolute atomic E-state index is 1.50. The third-order valence-corrected chi connectivity index (χ3v) is 0. The molecule has 7 nitrogen and oxygen atoms in total. The maximum atomic E-state index is 8.61. The van der Waals surface area contributed by atoms with Crippen molar-refractivity contribution in [3.8, 4) is 0 Å². The van der Waals surface area contributed by atoms with E-state index in [0.29, 0.717) is 0 Å². The van der Waals surface area contributed by atoms with E-state index in [1.54, 1.807) is 0 Å². The minimum atomic E-state index is -4.28. The summed E-state index contributed by atoms with van der Waals surface area (Å²) in [5, 5.41) is 13.6. The first-order valence-corrected chi connectivity index (χ1v) is 4.27. The van der Waals surface area contributed by atoms with Gasteiger partial charge in [-0.25, -0.2) is 0 Å². The van der Waals surface area contributed by atoms with Gasteiger partial charge in [-0.2, -0.15) is 0 Å². The third-order valence-electron chi connectivity index (χ3n) is 0. The van der Waals surface area contributed by atoms with Crippen LogP contribution in [0, 0.1) is 44.7 Å². The molecular weight excluding hydrogens is 260 g/mol. The summed E-state index contributed by atoms with van der Waals surface area (Å²) in [7, 11) is 0. The van der Waals surface area contributed by atoms with Crippen LogP contribution in [0.4, 0.5) is 0 Å². The van der Waals surface area contributed by atoms with Crippen molar-refractivity contribution in [2.45, 2.75) is 0 Å². The van der Waals surface area contributed by atoms with E-state index < -0.39 is 39.7 Å². The van der Waals surface area contributed by atoms with Crippen molar-refractivity contribution in [3.05, 3.63) is 10.1 Å². The molecule has 0 fully saturated rings. The molecule has 0 heterocycles. The second kappa shape index (κ2) is 6.94. The Labute approximate surface area is 57.9 Å². The van der Waals surface area contributed by atoms with E-state index in [2.05, 4.69) is 0 Å². The van der Waals surface area contributed by atoms with Crippen LogP contribution in [0.25, 0.3) is 0 Å². The van der Waals surface area contributed by atoms with Crippen LogP contribution in [-0.4, -0.2) is 10.3 Å². The van der Waals surface area contributed by atoms with Gasteiger partial charge >= 0.3 is 37.9 Å². The molecule has 0 aromatic carbocycles. The standard InChI is InChI=1S/HNO3.3O.Sm/c2-1(3)4;;;;/h(H,2,3,4);;;;. The average molecular weight is 261 g/mol. The molecule has 0 rings (SSSR count). The first-order chi connectivity index (χ1) is 3.46. The van der Waals surface area contributed by atoms with Gasteiger partial charge in [-0.05, 0) is 0 Å². The molecule has 1 N–H and O–H groups in total. The number of nitrogens with zero attached hydrogens (tertiary/aromatic N) is 1. The molecule has 0 saturated heterocycles. The van der Waals surface area contributed by atoms with E-state index in [-0.39, 0.29) is 0 Å². The van der Waals surface area contributed by atoms with Crippen LogP contribution >= 0.6 is 0 Å². The number of hydrogen-bond donors (Lipinski definition) is 1. The summed E-state index contributed by atoms with van der Waals surface area (Å²) in [5.74, 6) is 0. The van der Waals surface area contributed by atoms with Crippen LogP contribution < -0.4 is 0 Å². The molecule has 48 valence electrons. The molecule has 0 bridgehead atoms. The Bertz CT molecular complexity index is 137. The van der Waals surface area contributed by atoms with E-state index in [1.165, 1.54) is 0 Å². The predicted molar refractivity (Wildman–Crippen MR) is 10.8 cm³/mol. The summed E-state index contributed by atoms with van der Waals surface area (Å²) in [4.78, 5) is 8.36. The second-order valence-corrected chi connectivity index (χ2v) is 1.75. The summed E-state index contributed by atoms with van der Waals surface area (Å²) >= 11 is -4.28. The van der Waals surface area contributed by atoms with Gasteiger partial charge < -0.3 is 5.21 Å². The summed E-state index contributed by atoms with van der Waals surface area (Å²) in [6, 6.07) is 0. The van der Waals surface area contributed by atoms with Crippen LogP contribution in [0.2, 0.25) is 0 Å². The summed E-state index contributed by atoms with van der Waals surface area (Å²) in [6.45, 7) is 0. The van der Waals surface area contributed by atoms with Gasteiger partial charge in [0.05, 0.1) is 0 Å². The van der Waals surface area contributed by atoms with E-state index >= 15 is 0 Å². The fraction of sp³-hybridized carbons (Fsp3) is 0. The van der Waals surface area contributed by atoms with Gasteiger partial charge in [-0.3, -0.25) is 0 Å². The van der Waals surface area contributed by atoms with Crippen LogP contribution in [-0.2, 0) is 3.32 Å². The monoisotopic (exact) mass is 263 g/mol. The zero-order valence-electron chi connectivity index (χ0n) is 3.34. The Morgan fingerprint density at radius 1 is 1.38 bits per heavy atom. The van der Waals surface area contributed by atoms with Crippen molar-refractivity contribution in [1.29, 1.82) is 0 Å². The molecule has 0 aliphatic rings. The van der Waals surface area contributed by atoms with Gasteiger partial charge in [-0.15, -0.1) is 10.1 Å². The molecule has 0 aliphatic carbocycles. The summed E-state index contributed by atoms with van der Waals surface area (Å²) < 4.78 is 25.8. The zero-order chi connectivity index (χ0) is 7.15. The normalized spacial score (nSPS) is 6.00. The van der Waals surface area contributed by atoms with E-state index in [0.717, 1.165) is 0 Å². The van der Waals surface area contributed by atoms with Gasteiger partial charge in [0.1, 0.15) is 0 Å². The molecular formula is HNO6Sm. The van der Waals surface area contributed by atoms with Crippen molar-refractivity contribution in [3.63, 3.8) is 0 Å². The average Bonchev–Trinajstić information content (AvgIpc) is 1.25. The maximum absolute atomic E-state index is 8.61. The molecule has 0 spiro atoms. The molecule has 0 aromatic heterocycles. The quantitative estimate of drug-likeness (QED) is 0.455. The van der Waals surface area contributed by atoms with E-state index in [4.69, 9.17) is 18.6 Å². The summed E-state index contributed by atoms with van der Waals surface area (Å²) in [5.41, 5.74) is 0. The molecule has 0 unspecified atom stereocenters. The predicted octanol–water partition coefficient (Wildman–Crippen LogP) is -0.704. The molecule has 0 radical (unpaired) electrons. The van der Waals surface area contributed by atoms with Crippen LogP contribution in [0.5, 0.6) is 0 Å². The second-order valence-electron chi connectivity index (χ2n) is 0.442. The van der Waals surface area contributed by atoms with Crippen molar-refractivity contribution >= 4 is 0 Å². The molecule has 8 heteroatoms. The van der Waals surface area contributed by atoms with E-state index in [1.807, 2.05) is 0 Å². The van der Waals surface area contributed by atoms with Crippen molar-refractivity contribution in [2.75, 3.05) is 0 Å². The van der Waals surface area contributed by atoms with Crippen molar-refractivity contribution in [2.24, 2.45) is 0 Å². The fourth-order valence-electron chi connectivity index (χ4n) is 0. The fourth-order valence-corrected chi connectivity index (χ4v) is 0. The number of hydrogen-bond acceptors (Lipinski definition) is 5. The summed E-state index contributed by atoms with van der Waals surface area (Å²) in [6.07, 6.45) is 0. The van der Waals surface area contributed by atoms with E-state index in [9.17, 15) is 0 Å². The van der Waals surface area contributed by atoms with Crippen LogP contribution in [0.3, 0.4) is 0 Å². The zero-order valence-corrected chi connectivity index (χ0v) is 5.96. The Balaban J connectivity index is 0. The molecule has 0 saturated carbocycles. The van der Waals surface area contributed by atoms with Crippen molar-refractivity contribution < 1.29 is 48.2 Å². The van der Waals surface area contributed by atoms with Gasteiger partial charge in [-0.1, -0.05) is 0 Å². The molecule has 0 aromatic rings. The van der Waals surface area contributed by atoms with Gasteiger partial charge in [0.2, 0.25) is 0 Å². The molecule has 8 heavy (non-hydrogen) atoms. The van der Waals surface area contributed by atoms with Gasteiger partial charge in [0, 0.05) is 0 Å². The first-order valence-electron chi connectivity index (χ1n) is 1.07. The topological polar surface area (TPSA) is 115 Å². The first kappa shape index (κ1) is 10.8. The SMILES string of the molecule is O=[N+]([O-])O.[O]=[Sm](=[O])=[O]. The van der Waals surface area contributed by atoms with Crippen LogP contribution in [0.1, 0.15) is 0 Å². The Morgan fingerprint density at radius 3 is 1.38 bits per heavy atom. The number of rotatable bonds is 0.